The number of piperazine rings is 1. The number of hydrogen-bond acceptors (Lipinski definition) is 4. The molecule has 1 heterocycles. The summed E-state index contributed by atoms with van der Waals surface area (Å²) in [5, 5.41) is 14.0. The highest BCUT2D eigenvalue weighted by molar-refractivity contribution is 5.88. The summed E-state index contributed by atoms with van der Waals surface area (Å²) < 4.78 is 39.5. The maximum Gasteiger partial charge on any atom is 0.416 e. The zero-order valence-electron chi connectivity index (χ0n) is 14.2. The normalized spacial score (nSPS) is 18.5. The molecule has 1 saturated heterocycles. The molecule has 0 bridgehead atoms. The molecule has 1 fully saturated rings. The summed E-state index contributed by atoms with van der Waals surface area (Å²) in [6.45, 7) is 0.810. The molecule has 2 amide bonds. The van der Waals surface area contributed by atoms with Crippen LogP contribution in [0.1, 0.15) is 24.0 Å². The Balaban J connectivity index is 2.11. The molecule has 0 aliphatic carbocycles. The van der Waals surface area contributed by atoms with Gasteiger partial charge in [-0.1, -0.05) is 18.2 Å². The summed E-state index contributed by atoms with van der Waals surface area (Å²) in [5.74, 6) is -0.757. The Kier molecular flexibility index (Phi) is 6.98. The van der Waals surface area contributed by atoms with Crippen LogP contribution in [0, 0.1) is 0 Å². The van der Waals surface area contributed by atoms with Crippen molar-refractivity contribution in [2.75, 3.05) is 26.2 Å². The zero-order chi connectivity index (χ0) is 19.2. The number of carbonyl (C=O) groups excluding carboxylic acids is 2. The van der Waals surface area contributed by atoms with E-state index in [0.29, 0.717) is 19.5 Å². The third-order valence-electron chi connectivity index (χ3n) is 4.17. The highest BCUT2D eigenvalue weighted by Gasteiger charge is 2.36. The van der Waals surface area contributed by atoms with Gasteiger partial charge < -0.3 is 15.7 Å². The standard InChI is InChI=1S/C17H22F3N3O3/c18-17(19,20)13-5-2-1-4-12(13)11-23-8-7-22-16(26)14(23)10-15(25)21-6-3-9-24/h1-2,4-5,14,24H,3,6-11H2,(H,21,25)(H,22,26). The van der Waals surface area contributed by atoms with Crippen molar-refractivity contribution in [2.24, 2.45) is 0 Å². The van der Waals surface area contributed by atoms with Crippen LogP contribution in [0.4, 0.5) is 13.2 Å². The molecule has 1 atom stereocenters. The molecule has 1 aliphatic heterocycles. The maximum atomic E-state index is 13.2. The molecule has 1 aliphatic rings. The van der Waals surface area contributed by atoms with Gasteiger partial charge in [0, 0.05) is 32.8 Å². The van der Waals surface area contributed by atoms with Crippen LogP contribution in [0.3, 0.4) is 0 Å². The molecule has 0 aromatic heterocycles. The number of alkyl halides is 3. The summed E-state index contributed by atoms with van der Waals surface area (Å²) in [7, 11) is 0. The molecule has 26 heavy (non-hydrogen) atoms. The van der Waals surface area contributed by atoms with E-state index in [4.69, 9.17) is 5.11 Å². The van der Waals surface area contributed by atoms with E-state index >= 15 is 0 Å². The van der Waals surface area contributed by atoms with Gasteiger partial charge in [-0.15, -0.1) is 0 Å². The van der Waals surface area contributed by atoms with Crippen molar-refractivity contribution in [1.29, 1.82) is 0 Å². The Hall–Kier alpha value is -2.13. The number of aliphatic hydroxyl groups is 1. The molecule has 0 saturated carbocycles. The second-order valence-corrected chi connectivity index (χ2v) is 6.06. The summed E-state index contributed by atoms with van der Waals surface area (Å²) in [5.41, 5.74) is -0.669. The predicted octanol–water partition coefficient (Wildman–Crippen LogP) is 0.894. The van der Waals surface area contributed by atoms with Gasteiger partial charge in [-0.05, 0) is 18.1 Å². The van der Waals surface area contributed by atoms with Gasteiger partial charge >= 0.3 is 6.18 Å². The lowest BCUT2D eigenvalue weighted by Gasteiger charge is -2.35. The van der Waals surface area contributed by atoms with Crippen molar-refractivity contribution in [3.63, 3.8) is 0 Å². The van der Waals surface area contributed by atoms with E-state index in [1.807, 2.05) is 0 Å². The number of nitrogens with one attached hydrogen (secondary N) is 2. The van der Waals surface area contributed by atoms with E-state index in [2.05, 4.69) is 10.6 Å². The number of aliphatic hydroxyl groups excluding tert-OH is 1. The lowest BCUT2D eigenvalue weighted by Crippen LogP contribution is -2.56. The first-order valence-corrected chi connectivity index (χ1v) is 8.37. The zero-order valence-corrected chi connectivity index (χ0v) is 14.2. The molecule has 1 unspecified atom stereocenters. The fourth-order valence-electron chi connectivity index (χ4n) is 2.88. The van der Waals surface area contributed by atoms with Gasteiger partial charge in [-0.25, -0.2) is 0 Å². The minimum absolute atomic E-state index is 0.0649. The number of halogens is 3. The van der Waals surface area contributed by atoms with Crippen LogP contribution >= 0.6 is 0 Å². The van der Waals surface area contributed by atoms with Gasteiger partial charge in [0.05, 0.1) is 18.0 Å². The quantitative estimate of drug-likeness (QED) is 0.620. The summed E-state index contributed by atoms with van der Waals surface area (Å²) in [6, 6.07) is 4.40. The van der Waals surface area contributed by atoms with Gasteiger partial charge in [-0.3, -0.25) is 14.5 Å². The molecule has 3 N–H and O–H groups in total. The summed E-state index contributed by atoms with van der Waals surface area (Å²) in [4.78, 5) is 25.7. The second-order valence-electron chi connectivity index (χ2n) is 6.06. The second kappa shape index (κ2) is 9.00. The Labute approximate surface area is 149 Å². The van der Waals surface area contributed by atoms with E-state index in [-0.39, 0.29) is 43.5 Å². The first-order chi connectivity index (χ1) is 12.3. The highest BCUT2D eigenvalue weighted by atomic mass is 19.4. The van der Waals surface area contributed by atoms with E-state index in [1.165, 1.54) is 18.2 Å². The summed E-state index contributed by atoms with van der Waals surface area (Å²) in [6.07, 6.45) is -4.23. The lowest BCUT2D eigenvalue weighted by molar-refractivity contribution is -0.139. The van der Waals surface area contributed by atoms with Crippen molar-refractivity contribution in [2.45, 2.75) is 31.6 Å². The van der Waals surface area contributed by atoms with E-state index in [1.54, 1.807) is 4.90 Å². The molecular weight excluding hydrogens is 351 g/mol. The topological polar surface area (TPSA) is 81.7 Å². The Bertz CT molecular complexity index is 637. The first-order valence-electron chi connectivity index (χ1n) is 8.37. The molecule has 144 valence electrons. The van der Waals surface area contributed by atoms with Crippen LogP contribution < -0.4 is 10.6 Å². The average Bonchev–Trinajstić information content (AvgIpc) is 2.58. The van der Waals surface area contributed by atoms with Crippen molar-refractivity contribution >= 4 is 11.8 Å². The molecular formula is C17H22F3N3O3. The van der Waals surface area contributed by atoms with Gasteiger partial charge in [0.25, 0.3) is 0 Å². The van der Waals surface area contributed by atoms with Gasteiger partial charge in [-0.2, -0.15) is 13.2 Å². The van der Waals surface area contributed by atoms with E-state index in [0.717, 1.165) is 6.07 Å². The SMILES string of the molecule is O=C(CC1C(=O)NCCN1Cc1ccccc1C(F)(F)F)NCCCO. The minimum Gasteiger partial charge on any atom is -0.396 e. The van der Waals surface area contributed by atoms with Crippen LogP contribution in [0.2, 0.25) is 0 Å². The Morgan fingerprint density at radius 2 is 2.08 bits per heavy atom. The van der Waals surface area contributed by atoms with Crippen molar-refractivity contribution in [3.05, 3.63) is 35.4 Å². The third-order valence-corrected chi connectivity index (χ3v) is 4.17. The molecule has 1 aromatic carbocycles. The monoisotopic (exact) mass is 373 g/mol. The molecule has 1 aromatic rings. The fraction of sp³-hybridized carbons (Fsp3) is 0.529. The lowest BCUT2D eigenvalue weighted by atomic mass is 10.0. The van der Waals surface area contributed by atoms with Gasteiger partial charge in [0.1, 0.15) is 0 Å². The number of carbonyl (C=O) groups is 2. The van der Waals surface area contributed by atoms with Gasteiger partial charge in [0.2, 0.25) is 11.8 Å². The molecule has 0 spiro atoms. The van der Waals surface area contributed by atoms with Crippen molar-refractivity contribution in [3.8, 4) is 0 Å². The Morgan fingerprint density at radius 3 is 2.77 bits per heavy atom. The molecule has 6 nitrogen and oxygen atoms in total. The van der Waals surface area contributed by atoms with Crippen LogP contribution in [-0.4, -0.2) is 54.1 Å². The van der Waals surface area contributed by atoms with Crippen LogP contribution in [0.15, 0.2) is 24.3 Å². The number of amides is 2. The number of nitrogens with zero attached hydrogens (tertiary/aromatic N) is 1. The first kappa shape index (κ1) is 20.2. The maximum absolute atomic E-state index is 13.2. The average molecular weight is 373 g/mol. The van der Waals surface area contributed by atoms with E-state index < -0.39 is 17.8 Å². The molecule has 0 radical (unpaired) electrons. The van der Waals surface area contributed by atoms with Crippen LogP contribution in [0.5, 0.6) is 0 Å². The summed E-state index contributed by atoms with van der Waals surface area (Å²) >= 11 is 0. The molecule has 2 rings (SSSR count). The fourth-order valence-corrected chi connectivity index (χ4v) is 2.88. The minimum atomic E-state index is -4.48. The van der Waals surface area contributed by atoms with Gasteiger partial charge in [0.15, 0.2) is 0 Å². The van der Waals surface area contributed by atoms with Crippen LogP contribution in [0.25, 0.3) is 0 Å². The van der Waals surface area contributed by atoms with Crippen molar-refractivity contribution in [1.82, 2.24) is 15.5 Å². The molecule has 9 heteroatoms. The van der Waals surface area contributed by atoms with Crippen LogP contribution in [-0.2, 0) is 22.3 Å². The third kappa shape index (κ3) is 5.43. The predicted molar refractivity (Wildman–Crippen MR) is 88.0 cm³/mol. The highest BCUT2D eigenvalue weighted by Crippen LogP contribution is 2.32. The number of rotatable bonds is 7. The van der Waals surface area contributed by atoms with E-state index in [9.17, 15) is 22.8 Å². The number of hydrogen-bond donors (Lipinski definition) is 3. The van der Waals surface area contributed by atoms with Crippen molar-refractivity contribution < 1.29 is 27.9 Å². The number of benzene rings is 1. The smallest absolute Gasteiger partial charge is 0.396 e. The largest absolute Gasteiger partial charge is 0.416 e. The Morgan fingerprint density at radius 1 is 1.35 bits per heavy atom.